The van der Waals surface area contributed by atoms with Crippen molar-refractivity contribution in [2.75, 3.05) is 5.32 Å². The standard InChI is InChI=1S/C21H24N4O/c1-13-5-6-15(11-17(13)23-20(26)21(2,3)4)18-12-25-19(22-18)10-9-16(24-25)14-7-8-14/h5-6,9-12,14H,7-8H2,1-4H3,(H,23,26). The van der Waals surface area contributed by atoms with E-state index in [9.17, 15) is 4.79 Å². The third-order valence-electron chi connectivity index (χ3n) is 4.80. The van der Waals surface area contributed by atoms with Gasteiger partial charge in [0, 0.05) is 22.6 Å². The predicted molar refractivity (Wildman–Crippen MR) is 103 cm³/mol. The van der Waals surface area contributed by atoms with Gasteiger partial charge >= 0.3 is 0 Å². The quantitative estimate of drug-likeness (QED) is 0.754. The van der Waals surface area contributed by atoms with E-state index in [-0.39, 0.29) is 5.91 Å². The summed E-state index contributed by atoms with van der Waals surface area (Å²) < 4.78 is 1.86. The SMILES string of the molecule is Cc1ccc(-c2cn3nc(C4CC4)ccc3n2)cc1NC(=O)C(C)(C)C. The van der Waals surface area contributed by atoms with Gasteiger partial charge in [-0.2, -0.15) is 5.10 Å². The average Bonchev–Trinajstić information content (AvgIpc) is 3.34. The van der Waals surface area contributed by atoms with Gasteiger partial charge in [-0.1, -0.05) is 32.9 Å². The second-order valence-electron chi connectivity index (χ2n) is 8.20. The van der Waals surface area contributed by atoms with Gasteiger partial charge in [0.1, 0.15) is 0 Å². The zero-order valence-corrected chi connectivity index (χ0v) is 15.7. The Hall–Kier alpha value is -2.69. The molecule has 3 aromatic rings. The lowest BCUT2D eigenvalue weighted by molar-refractivity contribution is -0.123. The molecule has 0 bridgehead atoms. The number of benzene rings is 1. The summed E-state index contributed by atoms with van der Waals surface area (Å²) in [6.45, 7) is 7.72. The van der Waals surface area contributed by atoms with E-state index in [0.717, 1.165) is 33.8 Å². The molecule has 4 rings (SSSR count). The molecule has 5 heteroatoms. The van der Waals surface area contributed by atoms with Crippen molar-refractivity contribution in [2.24, 2.45) is 5.41 Å². The molecule has 1 aliphatic rings. The van der Waals surface area contributed by atoms with Crippen molar-refractivity contribution >= 4 is 17.2 Å². The molecule has 0 aliphatic heterocycles. The van der Waals surface area contributed by atoms with Gasteiger partial charge in [-0.05, 0) is 43.5 Å². The van der Waals surface area contributed by atoms with Crippen LogP contribution in [0.5, 0.6) is 0 Å². The van der Waals surface area contributed by atoms with E-state index in [0.29, 0.717) is 5.92 Å². The summed E-state index contributed by atoms with van der Waals surface area (Å²) in [5.41, 5.74) is 5.23. The van der Waals surface area contributed by atoms with Crippen LogP contribution in [0.1, 0.15) is 50.8 Å². The molecular weight excluding hydrogens is 324 g/mol. The Bertz CT molecular complexity index is 993. The highest BCUT2D eigenvalue weighted by Crippen LogP contribution is 2.38. The van der Waals surface area contributed by atoms with E-state index >= 15 is 0 Å². The van der Waals surface area contributed by atoms with Gasteiger partial charge in [0.25, 0.3) is 0 Å². The predicted octanol–water partition coefficient (Wildman–Crippen LogP) is 4.57. The number of carbonyl (C=O) groups excluding carboxylic acids is 1. The van der Waals surface area contributed by atoms with Gasteiger partial charge in [-0.25, -0.2) is 9.50 Å². The zero-order chi connectivity index (χ0) is 18.5. The van der Waals surface area contributed by atoms with Crippen molar-refractivity contribution < 1.29 is 4.79 Å². The smallest absolute Gasteiger partial charge is 0.229 e. The summed E-state index contributed by atoms with van der Waals surface area (Å²) in [6, 6.07) is 10.1. The molecule has 1 N–H and O–H groups in total. The molecule has 5 nitrogen and oxygen atoms in total. The molecule has 0 atom stereocenters. The van der Waals surface area contributed by atoms with Gasteiger partial charge in [-0.15, -0.1) is 0 Å². The minimum Gasteiger partial charge on any atom is -0.325 e. The minimum atomic E-state index is -0.436. The molecule has 1 aromatic carbocycles. The Morgan fingerprint density at radius 2 is 1.96 bits per heavy atom. The van der Waals surface area contributed by atoms with Crippen LogP contribution in [-0.4, -0.2) is 20.5 Å². The fraction of sp³-hybridized carbons (Fsp3) is 0.381. The molecule has 0 spiro atoms. The number of anilines is 1. The van der Waals surface area contributed by atoms with E-state index in [2.05, 4.69) is 16.5 Å². The fourth-order valence-corrected chi connectivity index (χ4v) is 2.86. The first kappa shape index (κ1) is 16.8. The van der Waals surface area contributed by atoms with Crippen LogP contribution in [0.15, 0.2) is 36.5 Å². The Balaban J connectivity index is 1.68. The third-order valence-corrected chi connectivity index (χ3v) is 4.80. The lowest BCUT2D eigenvalue weighted by Crippen LogP contribution is -2.27. The summed E-state index contributed by atoms with van der Waals surface area (Å²) in [7, 11) is 0. The van der Waals surface area contributed by atoms with E-state index in [1.54, 1.807) is 0 Å². The second-order valence-corrected chi connectivity index (χ2v) is 8.20. The van der Waals surface area contributed by atoms with Gasteiger partial charge < -0.3 is 5.32 Å². The number of rotatable bonds is 3. The summed E-state index contributed by atoms with van der Waals surface area (Å²) in [4.78, 5) is 17.0. The summed E-state index contributed by atoms with van der Waals surface area (Å²) in [6.07, 6.45) is 4.42. The molecule has 26 heavy (non-hydrogen) atoms. The molecule has 1 saturated carbocycles. The number of fused-ring (bicyclic) bond motifs is 1. The molecule has 1 amide bonds. The maximum atomic E-state index is 12.3. The lowest BCUT2D eigenvalue weighted by atomic mass is 9.95. The van der Waals surface area contributed by atoms with Crippen LogP contribution in [0.25, 0.3) is 16.9 Å². The van der Waals surface area contributed by atoms with Crippen molar-refractivity contribution in [1.29, 1.82) is 0 Å². The Morgan fingerprint density at radius 3 is 2.65 bits per heavy atom. The first-order chi connectivity index (χ1) is 12.3. The molecule has 2 heterocycles. The van der Waals surface area contributed by atoms with Gasteiger partial charge in [-0.3, -0.25) is 4.79 Å². The average molecular weight is 348 g/mol. The van der Waals surface area contributed by atoms with Crippen LogP contribution in [-0.2, 0) is 4.79 Å². The Labute approximate surface area is 153 Å². The highest BCUT2D eigenvalue weighted by atomic mass is 16.2. The molecule has 0 unspecified atom stereocenters. The van der Waals surface area contributed by atoms with E-state index < -0.39 is 5.41 Å². The van der Waals surface area contributed by atoms with Crippen molar-refractivity contribution in [3.8, 4) is 11.3 Å². The van der Waals surface area contributed by atoms with Gasteiger partial charge in [0.15, 0.2) is 5.65 Å². The second kappa shape index (κ2) is 5.94. The molecule has 0 saturated heterocycles. The monoisotopic (exact) mass is 348 g/mol. The highest BCUT2D eigenvalue weighted by Gasteiger charge is 2.25. The Kier molecular flexibility index (Phi) is 3.83. The highest BCUT2D eigenvalue weighted by molar-refractivity contribution is 5.95. The van der Waals surface area contributed by atoms with Crippen molar-refractivity contribution in [2.45, 2.75) is 46.5 Å². The fourth-order valence-electron chi connectivity index (χ4n) is 2.86. The molecule has 1 fully saturated rings. The Morgan fingerprint density at radius 1 is 1.19 bits per heavy atom. The number of nitrogens with zero attached hydrogens (tertiary/aromatic N) is 3. The van der Waals surface area contributed by atoms with Crippen molar-refractivity contribution in [3.63, 3.8) is 0 Å². The largest absolute Gasteiger partial charge is 0.325 e. The van der Waals surface area contributed by atoms with Crippen LogP contribution in [0.2, 0.25) is 0 Å². The first-order valence-electron chi connectivity index (χ1n) is 9.10. The summed E-state index contributed by atoms with van der Waals surface area (Å²) in [5.74, 6) is 0.618. The molecule has 134 valence electrons. The maximum Gasteiger partial charge on any atom is 0.229 e. The summed E-state index contributed by atoms with van der Waals surface area (Å²) in [5, 5.41) is 7.73. The molecule has 2 aromatic heterocycles. The van der Waals surface area contributed by atoms with E-state index in [1.165, 1.54) is 12.8 Å². The van der Waals surface area contributed by atoms with Crippen LogP contribution >= 0.6 is 0 Å². The van der Waals surface area contributed by atoms with Crippen molar-refractivity contribution in [3.05, 3.63) is 47.8 Å². The van der Waals surface area contributed by atoms with Crippen LogP contribution in [0, 0.1) is 12.3 Å². The van der Waals surface area contributed by atoms with Crippen LogP contribution < -0.4 is 5.32 Å². The lowest BCUT2D eigenvalue weighted by Gasteiger charge is -2.19. The number of hydrogen-bond donors (Lipinski definition) is 1. The minimum absolute atomic E-state index is 0.00323. The molecular formula is C21H24N4O. The van der Waals surface area contributed by atoms with Gasteiger partial charge in [0.05, 0.1) is 17.6 Å². The third kappa shape index (κ3) is 3.21. The first-order valence-corrected chi connectivity index (χ1v) is 9.10. The topological polar surface area (TPSA) is 59.3 Å². The van der Waals surface area contributed by atoms with Crippen LogP contribution in [0.4, 0.5) is 5.69 Å². The van der Waals surface area contributed by atoms with E-state index in [4.69, 9.17) is 4.98 Å². The number of carbonyl (C=O) groups is 1. The number of hydrogen-bond acceptors (Lipinski definition) is 3. The van der Waals surface area contributed by atoms with Crippen molar-refractivity contribution in [1.82, 2.24) is 14.6 Å². The zero-order valence-electron chi connectivity index (χ0n) is 15.7. The number of aryl methyl sites for hydroxylation is 1. The van der Waals surface area contributed by atoms with E-state index in [1.807, 2.05) is 62.7 Å². The number of imidazole rings is 1. The van der Waals surface area contributed by atoms with Gasteiger partial charge in [0.2, 0.25) is 5.91 Å². The maximum absolute atomic E-state index is 12.3. The molecule has 1 aliphatic carbocycles. The summed E-state index contributed by atoms with van der Waals surface area (Å²) >= 11 is 0. The molecule has 0 radical (unpaired) electrons. The normalized spacial score (nSPS) is 14.6. The number of aromatic nitrogens is 3. The number of amides is 1. The number of nitrogens with one attached hydrogen (secondary N) is 1. The van der Waals surface area contributed by atoms with Crippen LogP contribution in [0.3, 0.4) is 0 Å².